The Morgan fingerprint density at radius 2 is 2.04 bits per heavy atom. The van der Waals surface area contributed by atoms with Crippen molar-refractivity contribution in [3.63, 3.8) is 0 Å². The van der Waals surface area contributed by atoms with Gasteiger partial charge in [0.1, 0.15) is 0 Å². The van der Waals surface area contributed by atoms with Crippen LogP contribution in [0.5, 0.6) is 0 Å². The van der Waals surface area contributed by atoms with Crippen molar-refractivity contribution in [1.29, 1.82) is 0 Å². The molecule has 1 heterocycles. The highest BCUT2D eigenvalue weighted by Crippen LogP contribution is 2.18. The van der Waals surface area contributed by atoms with Crippen LogP contribution in [-0.4, -0.2) is 46.5 Å². The van der Waals surface area contributed by atoms with Crippen LogP contribution in [-0.2, 0) is 16.1 Å². The van der Waals surface area contributed by atoms with Crippen molar-refractivity contribution in [2.45, 2.75) is 45.0 Å². The number of para-hydroxylation sites is 1. The zero-order valence-corrected chi connectivity index (χ0v) is 17.2. The molecule has 0 aliphatic carbocycles. The number of nitrogens with zero attached hydrogens (tertiary/aromatic N) is 2. The van der Waals surface area contributed by atoms with Gasteiger partial charge in [-0.2, -0.15) is 0 Å². The maximum absolute atomic E-state index is 12.9. The number of hydrogen-bond donors (Lipinski definition) is 2. The van der Waals surface area contributed by atoms with Gasteiger partial charge < -0.3 is 10.1 Å². The topological polar surface area (TPSA) is 102 Å². The van der Waals surface area contributed by atoms with Gasteiger partial charge in [-0.3, -0.25) is 19.5 Å². The number of imide groups is 1. The van der Waals surface area contributed by atoms with Crippen molar-refractivity contribution in [2.24, 2.45) is 0 Å². The number of aromatic nitrogens is 2. The van der Waals surface area contributed by atoms with Crippen LogP contribution in [0.4, 0.5) is 4.79 Å². The molecule has 0 aliphatic rings. The van der Waals surface area contributed by atoms with E-state index in [9.17, 15) is 14.4 Å². The van der Waals surface area contributed by atoms with Crippen molar-refractivity contribution >= 4 is 34.6 Å². The van der Waals surface area contributed by atoms with Crippen molar-refractivity contribution in [2.75, 3.05) is 18.9 Å². The molecule has 0 saturated carbocycles. The average molecular weight is 407 g/mol. The van der Waals surface area contributed by atoms with Gasteiger partial charge in [-0.25, -0.2) is 9.78 Å². The molecule has 1 aromatic heterocycles. The fraction of sp³-hybridized carbons (Fsp3) is 0.474. The Morgan fingerprint density at radius 1 is 1.29 bits per heavy atom. The molecule has 152 valence electrons. The minimum Gasteiger partial charge on any atom is -0.379 e. The van der Waals surface area contributed by atoms with Gasteiger partial charge in [0.15, 0.2) is 5.16 Å². The third kappa shape index (κ3) is 6.35. The molecule has 9 heteroatoms. The maximum atomic E-state index is 12.9. The van der Waals surface area contributed by atoms with Crippen molar-refractivity contribution in [1.82, 2.24) is 20.2 Å². The highest BCUT2D eigenvalue weighted by atomic mass is 32.2. The molecule has 3 amide bonds. The average Bonchev–Trinajstić information content (AvgIpc) is 2.65. The van der Waals surface area contributed by atoms with Gasteiger partial charge in [-0.15, -0.1) is 0 Å². The fourth-order valence-corrected chi connectivity index (χ4v) is 3.32. The minimum atomic E-state index is -0.539. The van der Waals surface area contributed by atoms with Crippen molar-refractivity contribution in [3.05, 3.63) is 34.6 Å². The van der Waals surface area contributed by atoms with Crippen molar-refractivity contribution in [3.8, 4) is 0 Å². The molecule has 2 N–H and O–H groups in total. The molecular formula is C19H26N4O4S. The number of nitrogens with one attached hydrogen (secondary N) is 2. The van der Waals surface area contributed by atoms with E-state index in [0.29, 0.717) is 42.2 Å². The number of benzene rings is 1. The SMILES string of the molecule is CCNC(=O)NC(=O)CSc1nc2ccccc2c(=O)n1CCCOC(C)C. The molecule has 0 atom stereocenters. The summed E-state index contributed by atoms with van der Waals surface area (Å²) >= 11 is 1.13. The first-order valence-electron chi connectivity index (χ1n) is 9.24. The Kier molecular flexibility index (Phi) is 8.46. The van der Waals surface area contributed by atoms with Gasteiger partial charge in [0, 0.05) is 19.7 Å². The van der Waals surface area contributed by atoms with Gasteiger partial charge in [-0.05, 0) is 39.3 Å². The van der Waals surface area contributed by atoms with E-state index in [0.717, 1.165) is 11.8 Å². The predicted octanol–water partition coefficient (Wildman–Crippen LogP) is 2.15. The van der Waals surface area contributed by atoms with E-state index in [2.05, 4.69) is 15.6 Å². The number of ether oxygens (including phenoxy) is 1. The monoisotopic (exact) mass is 406 g/mol. The van der Waals surface area contributed by atoms with E-state index in [-0.39, 0.29) is 17.4 Å². The Bertz CT molecular complexity index is 882. The zero-order valence-electron chi connectivity index (χ0n) is 16.4. The lowest BCUT2D eigenvalue weighted by Gasteiger charge is -2.14. The molecular weight excluding hydrogens is 380 g/mol. The van der Waals surface area contributed by atoms with Gasteiger partial charge in [-0.1, -0.05) is 23.9 Å². The first-order valence-corrected chi connectivity index (χ1v) is 10.2. The normalized spacial score (nSPS) is 11.0. The Labute approximate surface area is 168 Å². The van der Waals surface area contributed by atoms with Gasteiger partial charge >= 0.3 is 6.03 Å². The first-order chi connectivity index (χ1) is 13.4. The Morgan fingerprint density at radius 3 is 2.75 bits per heavy atom. The van der Waals surface area contributed by atoms with Gasteiger partial charge in [0.05, 0.1) is 22.8 Å². The second-order valence-electron chi connectivity index (χ2n) is 6.34. The lowest BCUT2D eigenvalue weighted by molar-refractivity contribution is -0.117. The molecule has 2 rings (SSSR count). The highest BCUT2D eigenvalue weighted by Gasteiger charge is 2.14. The van der Waals surface area contributed by atoms with E-state index in [1.54, 1.807) is 29.7 Å². The number of hydrogen-bond acceptors (Lipinski definition) is 6. The molecule has 0 aliphatic heterocycles. The third-order valence-corrected chi connectivity index (χ3v) is 4.70. The molecule has 28 heavy (non-hydrogen) atoms. The summed E-state index contributed by atoms with van der Waals surface area (Å²) < 4.78 is 7.11. The molecule has 0 fully saturated rings. The van der Waals surface area contributed by atoms with E-state index in [4.69, 9.17) is 4.74 Å². The predicted molar refractivity (Wildman–Crippen MR) is 110 cm³/mol. The van der Waals surface area contributed by atoms with E-state index < -0.39 is 11.9 Å². The minimum absolute atomic E-state index is 0.0234. The summed E-state index contributed by atoms with van der Waals surface area (Å²) in [6, 6.07) is 6.57. The third-order valence-electron chi connectivity index (χ3n) is 3.73. The number of thioether (sulfide) groups is 1. The van der Waals surface area contributed by atoms with Crippen LogP contribution in [0.1, 0.15) is 27.2 Å². The summed E-state index contributed by atoms with van der Waals surface area (Å²) in [4.78, 5) is 40.9. The molecule has 0 bridgehead atoms. The largest absolute Gasteiger partial charge is 0.379 e. The van der Waals surface area contributed by atoms with Crippen LogP contribution in [0.15, 0.2) is 34.2 Å². The molecule has 0 saturated heterocycles. The number of carbonyl (C=O) groups excluding carboxylic acids is 2. The molecule has 0 radical (unpaired) electrons. The molecule has 0 spiro atoms. The van der Waals surface area contributed by atoms with Gasteiger partial charge in [0.25, 0.3) is 5.56 Å². The summed E-state index contributed by atoms with van der Waals surface area (Å²) in [5, 5.41) is 5.71. The van der Waals surface area contributed by atoms with Gasteiger partial charge in [0.2, 0.25) is 5.91 Å². The second kappa shape index (κ2) is 10.8. The summed E-state index contributed by atoms with van der Waals surface area (Å²) in [7, 11) is 0. The number of urea groups is 1. The molecule has 1 aromatic carbocycles. The summed E-state index contributed by atoms with van der Waals surface area (Å²) in [5.41, 5.74) is 0.426. The first kappa shape index (κ1) is 21.9. The number of amides is 3. The molecule has 8 nitrogen and oxygen atoms in total. The second-order valence-corrected chi connectivity index (χ2v) is 7.28. The maximum Gasteiger partial charge on any atom is 0.321 e. The lowest BCUT2D eigenvalue weighted by Crippen LogP contribution is -2.40. The Hall–Kier alpha value is -2.39. The standard InChI is InChI=1S/C19H26N4O4S/c1-4-20-18(26)22-16(24)12-28-19-21-15-9-6-5-8-14(15)17(25)23(19)10-7-11-27-13(2)3/h5-6,8-9,13H,4,7,10-12H2,1-3H3,(H2,20,22,24,26). The Balaban J connectivity index is 2.17. The highest BCUT2D eigenvalue weighted by molar-refractivity contribution is 7.99. The van der Waals surface area contributed by atoms with Crippen LogP contribution >= 0.6 is 11.8 Å². The number of fused-ring (bicyclic) bond motifs is 1. The van der Waals surface area contributed by atoms with Crippen LogP contribution in [0.25, 0.3) is 10.9 Å². The lowest BCUT2D eigenvalue weighted by atomic mass is 10.2. The number of rotatable bonds is 9. The van der Waals surface area contributed by atoms with Crippen LogP contribution < -0.4 is 16.2 Å². The summed E-state index contributed by atoms with van der Waals surface area (Å²) in [6.07, 6.45) is 0.773. The zero-order chi connectivity index (χ0) is 20.5. The van der Waals surface area contributed by atoms with E-state index in [1.165, 1.54) is 0 Å². The van der Waals surface area contributed by atoms with Crippen LogP contribution in [0.2, 0.25) is 0 Å². The number of carbonyl (C=O) groups is 2. The quantitative estimate of drug-likeness (QED) is 0.376. The smallest absolute Gasteiger partial charge is 0.321 e. The van der Waals surface area contributed by atoms with Crippen LogP contribution in [0, 0.1) is 0 Å². The fourth-order valence-electron chi connectivity index (χ4n) is 2.49. The summed E-state index contributed by atoms with van der Waals surface area (Å²) in [5.74, 6) is -0.474. The molecule has 0 unspecified atom stereocenters. The van der Waals surface area contributed by atoms with E-state index in [1.807, 2.05) is 19.9 Å². The van der Waals surface area contributed by atoms with Crippen LogP contribution in [0.3, 0.4) is 0 Å². The van der Waals surface area contributed by atoms with Crippen molar-refractivity contribution < 1.29 is 14.3 Å². The summed E-state index contributed by atoms with van der Waals surface area (Å²) in [6.45, 7) is 7.06. The van der Waals surface area contributed by atoms with E-state index >= 15 is 0 Å². The molecule has 2 aromatic rings.